The van der Waals surface area contributed by atoms with E-state index in [0.29, 0.717) is 0 Å². The number of esters is 2. The first-order valence-electron chi connectivity index (χ1n) is 12.5. The topological polar surface area (TPSA) is 104 Å². The van der Waals surface area contributed by atoms with Crippen LogP contribution in [-0.4, -0.2) is 41.2 Å². The Bertz CT molecular complexity index is 1260. The molecule has 1 N–H and O–H groups in total. The third kappa shape index (κ3) is 7.65. The van der Waals surface area contributed by atoms with Gasteiger partial charge in [0.05, 0.1) is 13.2 Å². The van der Waals surface area contributed by atoms with Crippen molar-refractivity contribution in [1.29, 1.82) is 0 Å². The minimum absolute atomic E-state index is 0.0780. The van der Waals surface area contributed by atoms with E-state index in [9.17, 15) is 19.2 Å². The highest BCUT2D eigenvalue weighted by atomic mass is 16.6. The number of hydrogen-bond donors (Lipinski definition) is 1. The van der Waals surface area contributed by atoms with Gasteiger partial charge in [0.15, 0.2) is 0 Å². The van der Waals surface area contributed by atoms with Crippen molar-refractivity contribution in [3.63, 3.8) is 0 Å². The highest BCUT2D eigenvalue weighted by Crippen LogP contribution is 2.25. The molecule has 0 aliphatic carbocycles. The number of nitrogens with one attached hydrogen (secondary N) is 1. The lowest BCUT2D eigenvalue weighted by Gasteiger charge is -2.22. The van der Waals surface area contributed by atoms with E-state index in [2.05, 4.69) is 5.32 Å². The molecule has 1 aromatic heterocycles. The van der Waals surface area contributed by atoms with E-state index in [1.165, 1.54) is 17.7 Å². The van der Waals surface area contributed by atoms with E-state index in [-0.39, 0.29) is 24.8 Å². The molecule has 0 aliphatic heterocycles. The Labute approximate surface area is 222 Å². The van der Waals surface area contributed by atoms with Crippen LogP contribution in [0, 0.1) is 0 Å². The number of carbonyl (C=O) groups is 3. The SMILES string of the molecule is COC(=O)[C@H](CCCC(=O)OC(C)(C)C)NC(=O)c1cccn(C(c2ccccc2)c2ccccc2)c1=O. The van der Waals surface area contributed by atoms with E-state index in [0.717, 1.165) is 11.1 Å². The Morgan fingerprint density at radius 2 is 1.47 bits per heavy atom. The van der Waals surface area contributed by atoms with Gasteiger partial charge in [-0.05, 0) is 56.9 Å². The van der Waals surface area contributed by atoms with E-state index in [4.69, 9.17) is 9.47 Å². The van der Waals surface area contributed by atoms with Gasteiger partial charge in [-0.1, -0.05) is 60.7 Å². The monoisotopic (exact) mass is 518 g/mol. The van der Waals surface area contributed by atoms with Crippen LogP contribution in [0.2, 0.25) is 0 Å². The fourth-order valence-corrected chi connectivity index (χ4v) is 4.14. The van der Waals surface area contributed by atoms with Crippen LogP contribution in [0.25, 0.3) is 0 Å². The molecule has 0 saturated heterocycles. The predicted molar refractivity (Wildman–Crippen MR) is 144 cm³/mol. The largest absolute Gasteiger partial charge is 0.467 e. The van der Waals surface area contributed by atoms with Crippen molar-refractivity contribution in [2.24, 2.45) is 0 Å². The molecule has 1 heterocycles. The molecule has 200 valence electrons. The van der Waals surface area contributed by atoms with Gasteiger partial charge in [-0.15, -0.1) is 0 Å². The summed E-state index contributed by atoms with van der Waals surface area (Å²) in [6.45, 7) is 5.32. The van der Waals surface area contributed by atoms with Gasteiger partial charge in [0.25, 0.3) is 11.5 Å². The summed E-state index contributed by atoms with van der Waals surface area (Å²) in [6, 6.07) is 20.6. The van der Waals surface area contributed by atoms with Crippen LogP contribution >= 0.6 is 0 Å². The first kappa shape index (κ1) is 28.4. The zero-order valence-corrected chi connectivity index (χ0v) is 22.2. The van der Waals surface area contributed by atoms with Crippen molar-refractivity contribution in [3.05, 3.63) is 106 Å². The van der Waals surface area contributed by atoms with Crippen molar-refractivity contribution in [3.8, 4) is 0 Å². The maximum absolute atomic E-state index is 13.6. The molecule has 8 nitrogen and oxygen atoms in total. The number of aromatic nitrogens is 1. The van der Waals surface area contributed by atoms with Crippen LogP contribution in [0.1, 0.15) is 67.6 Å². The van der Waals surface area contributed by atoms with Gasteiger partial charge in [0.1, 0.15) is 17.2 Å². The van der Waals surface area contributed by atoms with Crippen molar-refractivity contribution < 1.29 is 23.9 Å². The molecule has 3 aromatic rings. The first-order chi connectivity index (χ1) is 18.1. The maximum Gasteiger partial charge on any atom is 0.328 e. The molecule has 0 fully saturated rings. The van der Waals surface area contributed by atoms with Gasteiger partial charge in [-0.2, -0.15) is 0 Å². The standard InChI is InChI=1S/C30H34N2O6/c1-30(2,3)38-25(33)19-11-18-24(29(36)37-4)31-27(34)23-17-12-20-32(28(23)35)26(21-13-7-5-8-14-21)22-15-9-6-10-16-22/h5-10,12-17,20,24,26H,11,18-19H2,1-4H3,(H,31,34)/t24-/m0/s1. The number of amides is 1. The number of nitrogens with zero attached hydrogens (tertiary/aromatic N) is 1. The summed E-state index contributed by atoms with van der Waals surface area (Å²) < 4.78 is 11.6. The van der Waals surface area contributed by atoms with E-state index in [1.54, 1.807) is 33.0 Å². The number of rotatable bonds is 10. The Balaban J connectivity index is 1.84. The normalized spacial score (nSPS) is 12.0. The zero-order chi connectivity index (χ0) is 27.7. The van der Waals surface area contributed by atoms with E-state index < -0.39 is 41.1 Å². The zero-order valence-electron chi connectivity index (χ0n) is 22.2. The molecule has 0 radical (unpaired) electrons. The fraction of sp³-hybridized carbons (Fsp3) is 0.333. The summed E-state index contributed by atoms with van der Waals surface area (Å²) in [6.07, 6.45) is 2.16. The van der Waals surface area contributed by atoms with Crippen LogP contribution in [-0.2, 0) is 19.1 Å². The van der Waals surface area contributed by atoms with Gasteiger partial charge < -0.3 is 19.4 Å². The molecular weight excluding hydrogens is 484 g/mol. The Morgan fingerprint density at radius 1 is 0.895 bits per heavy atom. The molecule has 2 aromatic carbocycles. The first-order valence-corrected chi connectivity index (χ1v) is 12.5. The second-order valence-electron chi connectivity index (χ2n) is 9.89. The predicted octanol–water partition coefficient (Wildman–Crippen LogP) is 4.27. The molecule has 0 bridgehead atoms. The van der Waals surface area contributed by atoms with E-state index in [1.807, 2.05) is 60.7 Å². The molecule has 38 heavy (non-hydrogen) atoms. The van der Waals surface area contributed by atoms with Crippen LogP contribution < -0.4 is 10.9 Å². The van der Waals surface area contributed by atoms with Crippen LogP contribution in [0.4, 0.5) is 0 Å². The summed E-state index contributed by atoms with van der Waals surface area (Å²) in [5.74, 6) is -1.76. The molecule has 0 aliphatic rings. The van der Waals surface area contributed by atoms with Crippen LogP contribution in [0.5, 0.6) is 0 Å². The minimum Gasteiger partial charge on any atom is -0.467 e. The molecule has 1 amide bonds. The highest BCUT2D eigenvalue weighted by Gasteiger charge is 2.26. The van der Waals surface area contributed by atoms with Gasteiger partial charge >= 0.3 is 11.9 Å². The number of carbonyl (C=O) groups excluding carboxylic acids is 3. The Hall–Kier alpha value is -4.20. The maximum atomic E-state index is 13.6. The van der Waals surface area contributed by atoms with Crippen molar-refractivity contribution >= 4 is 17.8 Å². The molecule has 0 saturated carbocycles. The number of ether oxygens (including phenoxy) is 2. The summed E-state index contributed by atoms with van der Waals surface area (Å²) in [5.41, 5.74) is 0.545. The minimum atomic E-state index is -1.03. The smallest absolute Gasteiger partial charge is 0.328 e. The average molecular weight is 519 g/mol. The number of pyridine rings is 1. The second-order valence-corrected chi connectivity index (χ2v) is 9.89. The lowest BCUT2D eigenvalue weighted by Crippen LogP contribution is -2.44. The lowest BCUT2D eigenvalue weighted by molar-refractivity contribution is -0.155. The number of methoxy groups -OCH3 is 1. The molecule has 0 spiro atoms. The summed E-state index contributed by atoms with van der Waals surface area (Å²) >= 11 is 0. The average Bonchev–Trinajstić information content (AvgIpc) is 2.89. The summed E-state index contributed by atoms with van der Waals surface area (Å²) in [5, 5.41) is 2.61. The van der Waals surface area contributed by atoms with Gasteiger partial charge in [-0.3, -0.25) is 14.4 Å². The lowest BCUT2D eigenvalue weighted by atomic mass is 9.98. The van der Waals surface area contributed by atoms with E-state index >= 15 is 0 Å². The Morgan fingerprint density at radius 3 is 2.00 bits per heavy atom. The third-order valence-corrected chi connectivity index (χ3v) is 5.81. The number of benzene rings is 2. The van der Waals surface area contributed by atoms with Crippen LogP contribution in [0.3, 0.4) is 0 Å². The fourth-order valence-electron chi connectivity index (χ4n) is 4.14. The molecule has 3 rings (SSSR count). The summed E-state index contributed by atoms with van der Waals surface area (Å²) in [4.78, 5) is 51.2. The summed E-state index contributed by atoms with van der Waals surface area (Å²) in [7, 11) is 1.22. The number of hydrogen-bond acceptors (Lipinski definition) is 6. The van der Waals surface area contributed by atoms with Crippen molar-refractivity contribution in [1.82, 2.24) is 9.88 Å². The van der Waals surface area contributed by atoms with Gasteiger partial charge in [0.2, 0.25) is 0 Å². The van der Waals surface area contributed by atoms with Crippen molar-refractivity contribution in [2.75, 3.05) is 7.11 Å². The molecular formula is C30H34N2O6. The third-order valence-electron chi connectivity index (χ3n) is 5.81. The van der Waals surface area contributed by atoms with Crippen LogP contribution in [0.15, 0.2) is 83.8 Å². The molecule has 1 atom stereocenters. The Kier molecular flexibility index (Phi) is 9.60. The van der Waals surface area contributed by atoms with Gasteiger partial charge in [0, 0.05) is 12.6 Å². The second kappa shape index (κ2) is 12.9. The van der Waals surface area contributed by atoms with Gasteiger partial charge in [-0.25, -0.2) is 4.79 Å². The van der Waals surface area contributed by atoms with Crippen molar-refractivity contribution in [2.45, 2.75) is 57.7 Å². The molecule has 0 unspecified atom stereocenters. The molecule has 8 heteroatoms. The quantitative estimate of drug-likeness (QED) is 0.402. The highest BCUT2D eigenvalue weighted by molar-refractivity contribution is 5.96.